The van der Waals surface area contributed by atoms with Gasteiger partial charge in [-0.15, -0.1) is 11.3 Å². The number of carbonyl (C=O) groups excluding carboxylic acids is 1. The van der Waals surface area contributed by atoms with Crippen molar-refractivity contribution in [3.63, 3.8) is 0 Å². The van der Waals surface area contributed by atoms with Gasteiger partial charge in [-0.25, -0.2) is 4.79 Å². The number of nitrogens with one attached hydrogen (secondary N) is 1. The first-order valence-corrected chi connectivity index (χ1v) is 11.5. The van der Waals surface area contributed by atoms with Gasteiger partial charge in [0.25, 0.3) is 0 Å². The molecular formula is C23H24ClN3OS. The highest BCUT2D eigenvalue weighted by molar-refractivity contribution is 7.15. The number of amides is 2. The molecule has 1 aliphatic heterocycles. The molecule has 1 N–H and O–H groups in total. The number of benzene rings is 1. The number of hydrogen-bond acceptors (Lipinski definition) is 2. The molecule has 0 spiro atoms. The number of urea groups is 1. The van der Waals surface area contributed by atoms with Crippen LogP contribution in [0.15, 0.2) is 42.6 Å². The Morgan fingerprint density at radius 1 is 1.17 bits per heavy atom. The monoisotopic (exact) mass is 425 g/mol. The van der Waals surface area contributed by atoms with Crippen LogP contribution in [0.4, 0.5) is 10.5 Å². The van der Waals surface area contributed by atoms with Gasteiger partial charge in [-0.1, -0.05) is 30.7 Å². The fraction of sp³-hybridized carbons (Fsp3) is 0.348. The van der Waals surface area contributed by atoms with E-state index in [1.807, 2.05) is 34.4 Å². The second kappa shape index (κ2) is 7.54. The molecule has 0 saturated carbocycles. The van der Waals surface area contributed by atoms with Crippen molar-refractivity contribution in [2.75, 3.05) is 5.32 Å². The number of rotatable bonds is 2. The predicted octanol–water partition coefficient (Wildman–Crippen LogP) is 6.57. The van der Waals surface area contributed by atoms with E-state index in [2.05, 4.69) is 35.1 Å². The maximum atomic E-state index is 13.4. The van der Waals surface area contributed by atoms with Crippen molar-refractivity contribution in [1.82, 2.24) is 9.47 Å². The highest BCUT2D eigenvalue weighted by Gasteiger charge is 2.34. The molecule has 150 valence electrons. The lowest BCUT2D eigenvalue weighted by atomic mass is 9.95. The zero-order valence-corrected chi connectivity index (χ0v) is 18.0. The lowest BCUT2D eigenvalue weighted by molar-refractivity contribution is 0.181. The molecule has 1 unspecified atom stereocenters. The molecular weight excluding hydrogens is 402 g/mol. The lowest BCUT2D eigenvalue weighted by Crippen LogP contribution is -2.37. The molecule has 0 bridgehead atoms. The Kier molecular flexibility index (Phi) is 4.88. The van der Waals surface area contributed by atoms with Crippen LogP contribution < -0.4 is 5.32 Å². The van der Waals surface area contributed by atoms with Gasteiger partial charge >= 0.3 is 6.03 Å². The number of thiophene rings is 1. The van der Waals surface area contributed by atoms with E-state index in [0.29, 0.717) is 17.3 Å². The van der Waals surface area contributed by atoms with E-state index < -0.39 is 0 Å². The molecule has 3 heterocycles. The quantitative estimate of drug-likeness (QED) is 0.495. The summed E-state index contributed by atoms with van der Waals surface area (Å²) in [6, 6.07) is 11.6. The number of aryl methyl sites for hydroxylation is 1. The molecule has 1 aromatic carbocycles. The van der Waals surface area contributed by atoms with Crippen LogP contribution in [-0.2, 0) is 19.4 Å². The number of carbonyl (C=O) groups is 1. The average Bonchev–Trinajstić information content (AvgIpc) is 3.32. The van der Waals surface area contributed by atoms with E-state index in [0.717, 1.165) is 19.3 Å². The summed E-state index contributed by atoms with van der Waals surface area (Å²) < 4.78 is 2.31. The normalized spacial score (nSPS) is 17.9. The van der Waals surface area contributed by atoms with Crippen molar-refractivity contribution >= 4 is 34.7 Å². The van der Waals surface area contributed by atoms with E-state index in [4.69, 9.17) is 11.6 Å². The van der Waals surface area contributed by atoms with Gasteiger partial charge in [0, 0.05) is 22.3 Å². The van der Waals surface area contributed by atoms with Gasteiger partial charge in [0.2, 0.25) is 0 Å². The minimum absolute atomic E-state index is 0.0197. The summed E-state index contributed by atoms with van der Waals surface area (Å²) >= 11 is 8.21. The van der Waals surface area contributed by atoms with Crippen molar-refractivity contribution in [3.8, 4) is 5.00 Å². The van der Waals surface area contributed by atoms with Gasteiger partial charge in [0.15, 0.2) is 0 Å². The molecule has 2 aliphatic rings. The van der Waals surface area contributed by atoms with Crippen LogP contribution in [0, 0.1) is 0 Å². The molecule has 1 atom stereocenters. The van der Waals surface area contributed by atoms with Gasteiger partial charge in [-0.05, 0) is 61.9 Å². The van der Waals surface area contributed by atoms with Crippen LogP contribution in [0.5, 0.6) is 0 Å². The van der Waals surface area contributed by atoms with E-state index in [1.54, 1.807) is 6.07 Å². The number of aromatic nitrogens is 1. The number of hydrogen-bond donors (Lipinski definition) is 1. The Morgan fingerprint density at radius 3 is 2.83 bits per heavy atom. The lowest BCUT2D eigenvalue weighted by Gasteiger charge is -2.30. The number of nitrogens with zero attached hydrogens (tertiary/aromatic N) is 2. The van der Waals surface area contributed by atoms with Crippen LogP contribution in [0.2, 0.25) is 5.02 Å². The highest BCUT2D eigenvalue weighted by atomic mass is 35.5. The smallest absolute Gasteiger partial charge is 0.312 e. The van der Waals surface area contributed by atoms with Crippen LogP contribution in [0.3, 0.4) is 0 Å². The second-order valence-electron chi connectivity index (χ2n) is 7.76. The summed E-state index contributed by atoms with van der Waals surface area (Å²) in [6.07, 6.45) is 7.78. The molecule has 2 aromatic heterocycles. The third-order valence-electron chi connectivity index (χ3n) is 6.07. The topological polar surface area (TPSA) is 37.3 Å². The van der Waals surface area contributed by atoms with E-state index in [9.17, 15) is 4.79 Å². The third kappa shape index (κ3) is 3.17. The molecule has 0 radical (unpaired) electrons. The Hall–Kier alpha value is -2.24. The maximum Gasteiger partial charge on any atom is 0.322 e. The molecule has 4 nitrogen and oxygen atoms in total. The largest absolute Gasteiger partial charge is 0.322 e. The SMILES string of the molecule is CCC1c2cccn2-c2sc3c(c2CN1C(=O)Nc1ccccc1Cl)CCCC3. The van der Waals surface area contributed by atoms with Crippen molar-refractivity contribution in [3.05, 3.63) is 69.3 Å². The van der Waals surface area contributed by atoms with Gasteiger partial charge in [0.1, 0.15) is 5.00 Å². The van der Waals surface area contributed by atoms with E-state index in [-0.39, 0.29) is 12.1 Å². The van der Waals surface area contributed by atoms with Gasteiger partial charge in [-0.2, -0.15) is 0 Å². The highest BCUT2D eigenvalue weighted by Crippen LogP contribution is 2.43. The summed E-state index contributed by atoms with van der Waals surface area (Å²) in [5.74, 6) is 0. The number of halogens is 1. The Morgan fingerprint density at radius 2 is 2.00 bits per heavy atom. The van der Waals surface area contributed by atoms with Crippen molar-refractivity contribution in [2.45, 2.75) is 51.6 Å². The van der Waals surface area contributed by atoms with Crippen molar-refractivity contribution in [2.24, 2.45) is 0 Å². The minimum Gasteiger partial charge on any atom is -0.312 e. The van der Waals surface area contributed by atoms with Crippen molar-refractivity contribution < 1.29 is 4.79 Å². The van der Waals surface area contributed by atoms with Crippen LogP contribution >= 0.6 is 22.9 Å². The zero-order chi connectivity index (χ0) is 20.0. The first kappa shape index (κ1) is 18.8. The van der Waals surface area contributed by atoms with Gasteiger partial charge in [0.05, 0.1) is 23.3 Å². The Balaban J connectivity index is 1.58. The second-order valence-corrected chi connectivity index (χ2v) is 9.25. The Bertz CT molecular complexity index is 1070. The first-order valence-electron chi connectivity index (χ1n) is 10.3. The van der Waals surface area contributed by atoms with E-state index in [1.165, 1.54) is 39.5 Å². The standard InChI is InChI=1S/C23H24ClN3OS/c1-2-19-20-11-7-13-26(20)22-16(15-8-3-6-12-21(15)29-22)14-27(19)23(28)25-18-10-5-4-9-17(18)24/h4-5,7,9-11,13,19H,2-3,6,8,12,14H2,1H3,(H,25,28). The molecule has 29 heavy (non-hydrogen) atoms. The van der Waals surface area contributed by atoms with Crippen molar-refractivity contribution in [1.29, 1.82) is 0 Å². The molecule has 0 fully saturated rings. The summed E-state index contributed by atoms with van der Waals surface area (Å²) in [5.41, 5.74) is 4.64. The Labute approximate surface area is 180 Å². The van der Waals surface area contributed by atoms with Crippen LogP contribution in [0.1, 0.15) is 53.9 Å². The first-order chi connectivity index (χ1) is 14.2. The summed E-state index contributed by atoms with van der Waals surface area (Å²) in [6.45, 7) is 2.78. The van der Waals surface area contributed by atoms with Gasteiger partial charge in [-0.3, -0.25) is 0 Å². The number of anilines is 1. The predicted molar refractivity (Wildman–Crippen MR) is 119 cm³/mol. The molecule has 0 saturated heterocycles. The van der Waals surface area contributed by atoms with Crippen LogP contribution in [0.25, 0.3) is 5.00 Å². The van der Waals surface area contributed by atoms with E-state index >= 15 is 0 Å². The number of para-hydroxylation sites is 1. The fourth-order valence-electron chi connectivity index (χ4n) is 4.66. The zero-order valence-electron chi connectivity index (χ0n) is 16.5. The van der Waals surface area contributed by atoms with Crippen LogP contribution in [-0.4, -0.2) is 15.5 Å². The molecule has 2 amide bonds. The third-order valence-corrected chi connectivity index (χ3v) is 7.73. The fourth-order valence-corrected chi connectivity index (χ4v) is 6.24. The summed E-state index contributed by atoms with van der Waals surface area (Å²) in [7, 11) is 0. The number of fused-ring (bicyclic) bond motifs is 5. The molecule has 6 heteroatoms. The molecule has 3 aromatic rings. The maximum absolute atomic E-state index is 13.4. The summed E-state index contributed by atoms with van der Waals surface area (Å²) in [4.78, 5) is 16.9. The molecule has 1 aliphatic carbocycles. The molecule has 5 rings (SSSR count). The minimum atomic E-state index is -0.0960. The van der Waals surface area contributed by atoms with Gasteiger partial charge < -0.3 is 14.8 Å². The average molecular weight is 426 g/mol. The summed E-state index contributed by atoms with van der Waals surface area (Å²) in [5, 5.41) is 4.90.